The summed E-state index contributed by atoms with van der Waals surface area (Å²) in [5.41, 5.74) is -0.330. The minimum Gasteiger partial charge on any atom is -0.496 e. The van der Waals surface area contributed by atoms with Crippen LogP contribution in [0.3, 0.4) is 0 Å². The van der Waals surface area contributed by atoms with Gasteiger partial charge in [-0.3, -0.25) is 19.8 Å². The standard InChI is InChI=1S/C31H37F3N6O5S/c1-30(18-44-2)9-4-10-39(17-30)16-24-26(20-5-6-23(45-3)21(13-20)31(32,33)34)37-29(46-24)38-27(41)22-14-36-25(15-35-22)40-11-7-19(8-12-40)28(42)43/h5-6,13-15,19H,4,7-12,16-18H2,1-3H3,(H,42,43)(H,37,38,41). The third-order valence-corrected chi connectivity index (χ3v) is 9.41. The number of rotatable bonds is 10. The number of aliphatic carboxylic acids is 1. The number of carboxylic acid groups (broad SMARTS) is 1. The van der Waals surface area contributed by atoms with Gasteiger partial charge < -0.3 is 19.5 Å². The molecule has 4 heterocycles. The summed E-state index contributed by atoms with van der Waals surface area (Å²) >= 11 is 1.20. The van der Waals surface area contributed by atoms with Crippen LogP contribution < -0.4 is 15.0 Å². The molecule has 2 fully saturated rings. The average molecular weight is 663 g/mol. The van der Waals surface area contributed by atoms with Gasteiger partial charge in [-0.2, -0.15) is 13.2 Å². The Morgan fingerprint density at radius 2 is 1.91 bits per heavy atom. The van der Waals surface area contributed by atoms with E-state index in [9.17, 15) is 27.9 Å². The summed E-state index contributed by atoms with van der Waals surface area (Å²) in [6.07, 6.45) is 1.11. The van der Waals surface area contributed by atoms with Gasteiger partial charge in [-0.05, 0) is 50.4 Å². The minimum atomic E-state index is -4.64. The van der Waals surface area contributed by atoms with E-state index in [1.165, 1.54) is 43.0 Å². The lowest BCUT2D eigenvalue weighted by atomic mass is 9.82. The topological polar surface area (TPSA) is 130 Å². The number of carbonyl (C=O) groups excluding carboxylic acids is 1. The second-order valence-corrected chi connectivity index (χ2v) is 13.2. The van der Waals surface area contributed by atoms with E-state index < -0.39 is 23.6 Å². The number of benzene rings is 1. The smallest absolute Gasteiger partial charge is 0.419 e. The van der Waals surface area contributed by atoms with Gasteiger partial charge in [-0.25, -0.2) is 15.0 Å². The molecule has 11 nitrogen and oxygen atoms in total. The number of likely N-dealkylation sites (tertiary alicyclic amines) is 1. The molecule has 2 N–H and O–H groups in total. The normalized spacial score (nSPS) is 19.7. The Morgan fingerprint density at radius 3 is 2.54 bits per heavy atom. The molecule has 2 saturated heterocycles. The molecule has 2 aliphatic rings. The largest absolute Gasteiger partial charge is 0.496 e. The van der Waals surface area contributed by atoms with Crippen LogP contribution in [0, 0.1) is 11.3 Å². The van der Waals surface area contributed by atoms with Crippen LogP contribution in [0.1, 0.15) is 53.5 Å². The fourth-order valence-electron chi connectivity index (χ4n) is 6.16. The van der Waals surface area contributed by atoms with E-state index in [1.807, 2.05) is 4.90 Å². The zero-order valence-electron chi connectivity index (χ0n) is 25.9. The van der Waals surface area contributed by atoms with E-state index in [4.69, 9.17) is 9.47 Å². The molecule has 0 radical (unpaired) electrons. The molecule has 1 amide bonds. The Hall–Kier alpha value is -3.82. The molecule has 0 bridgehead atoms. The summed E-state index contributed by atoms with van der Waals surface area (Å²) in [6.45, 7) is 5.77. The van der Waals surface area contributed by atoms with Crippen LogP contribution in [0.2, 0.25) is 0 Å². The predicted molar refractivity (Wildman–Crippen MR) is 166 cm³/mol. The van der Waals surface area contributed by atoms with E-state index in [1.54, 1.807) is 7.11 Å². The van der Waals surface area contributed by atoms with Crippen LogP contribution in [0.25, 0.3) is 11.3 Å². The number of piperidine rings is 2. The number of carboxylic acids is 1. The van der Waals surface area contributed by atoms with E-state index in [0.717, 1.165) is 32.0 Å². The first-order valence-corrected chi connectivity index (χ1v) is 15.8. The van der Waals surface area contributed by atoms with Crippen molar-refractivity contribution in [1.29, 1.82) is 0 Å². The van der Waals surface area contributed by atoms with Crippen LogP contribution >= 0.6 is 11.3 Å². The Bertz CT molecular complexity index is 1540. The molecule has 248 valence electrons. The fraction of sp³-hybridized carbons (Fsp3) is 0.516. The van der Waals surface area contributed by atoms with Crippen molar-refractivity contribution in [2.45, 2.75) is 45.3 Å². The monoisotopic (exact) mass is 662 g/mol. The minimum absolute atomic E-state index is 0.0395. The van der Waals surface area contributed by atoms with E-state index in [2.05, 4.69) is 32.1 Å². The molecule has 0 spiro atoms. The lowest BCUT2D eigenvalue weighted by Crippen LogP contribution is -2.43. The molecule has 2 aromatic heterocycles. The lowest BCUT2D eigenvalue weighted by molar-refractivity contribution is -0.142. The number of hydrogen-bond acceptors (Lipinski definition) is 10. The van der Waals surface area contributed by atoms with Gasteiger partial charge >= 0.3 is 12.1 Å². The van der Waals surface area contributed by atoms with Crippen LogP contribution in [0.15, 0.2) is 30.6 Å². The number of hydrogen-bond donors (Lipinski definition) is 2. The number of nitrogens with one attached hydrogen (secondary N) is 1. The maximum absolute atomic E-state index is 13.9. The Morgan fingerprint density at radius 1 is 1.15 bits per heavy atom. The van der Waals surface area contributed by atoms with Crippen molar-refractivity contribution in [2.24, 2.45) is 11.3 Å². The summed E-state index contributed by atoms with van der Waals surface area (Å²) in [6, 6.07) is 3.84. The summed E-state index contributed by atoms with van der Waals surface area (Å²) in [5, 5.41) is 12.2. The number of thiazole rings is 1. The molecular formula is C31H37F3N6O5S. The van der Waals surface area contributed by atoms with Crippen molar-refractivity contribution in [3.05, 3.63) is 46.7 Å². The number of alkyl halides is 3. The van der Waals surface area contributed by atoms with Gasteiger partial charge in [0.1, 0.15) is 17.3 Å². The number of methoxy groups -OCH3 is 2. The molecule has 1 aromatic carbocycles. The van der Waals surface area contributed by atoms with Gasteiger partial charge in [0.2, 0.25) is 0 Å². The third-order valence-electron chi connectivity index (χ3n) is 8.46. The highest BCUT2D eigenvalue weighted by Crippen LogP contribution is 2.41. The number of amides is 1. The zero-order chi connectivity index (χ0) is 33.1. The Balaban J connectivity index is 1.38. The number of carbonyl (C=O) groups is 2. The number of halogens is 3. The van der Waals surface area contributed by atoms with Gasteiger partial charge in [0, 0.05) is 49.1 Å². The molecule has 3 aromatic rings. The number of ether oxygens (including phenoxy) is 2. The third kappa shape index (κ3) is 7.76. The van der Waals surface area contributed by atoms with Crippen molar-refractivity contribution in [1.82, 2.24) is 19.9 Å². The fourth-order valence-corrected chi connectivity index (χ4v) is 7.19. The first kappa shape index (κ1) is 33.5. The van der Waals surface area contributed by atoms with Crippen molar-refractivity contribution in [3.8, 4) is 17.0 Å². The highest BCUT2D eigenvalue weighted by molar-refractivity contribution is 7.16. The highest BCUT2D eigenvalue weighted by atomic mass is 32.1. The van der Waals surface area contributed by atoms with Gasteiger partial charge in [0.15, 0.2) is 5.13 Å². The number of nitrogens with zero attached hydrogens (tertiary/aromatic N) is 5. The van der Waals surface area contributed by atoms with Crippen LogP contribution in [0.4, 0.5) is 24.1 Å². The quantitative estimate of drug-likeness (QED) is 0.290. The molecule has 1 unspecified atom stereocenters. The molecule has 0 saturated carbocycles. The summed E-state index contributed by atoms with van der Waals surface area (Å²) < 4.78 is 52.2. The van der Waals surface area contributed by atoms with Gasteiger partial charge in [-0.1, -0.05) is 18.3 Å². The molecular weight excluding hydrogens is 625 g/mol. The molecule has 2 aliphatic heterocycles. The van der Waals surface area contributed by atoms with Gasteiger partial charge in [0.05, 0.1) is 43.3 Å². The van der Waals surface area contributed by atoms with Gasteiger partial charge in [0.25, 0.3) is 5.91 Å². The number of aromatic nitrogens is 3. The van der Waals surface area contributed by atoms with Crippen molar-refractivity contribution in [3.63, 3.8) is 0 Å². The van der Waals surface area contributed by atoms with Crippen molar-refractivity contribution >= 4 is 34.2 Å². The van der Waals surface area contributed by atoms with Crippen molar-refractivity contribution in [2.75, 3.05) is 57.2 Å². The SMILES string of the molecule is COCC1(C)CCCN(Cc2sc(NC(=O)c3cnc(N4CCC(C(=O)O)CC4)cn3)nc2-c2ccc(OC)c(C(F)(F)F)c2)C1. The van der Waals surface area contributed by atoms with Gasteiger partial charge in [-0.15, -0.1) is 0 Å². The molecule has 5 rings (SSSR count). The van der Waals surface area contributed by atoms with E-state index in [-0.39, 0.29) is 33.5 Å². The second-order valence-electron chi connectivity index (χ2n) is 12.1. The summed E-state index contributed by atoms with van der Waals surface area (Å²) in [7, 11) is 2.86. The molecule has 15 heteroatoms. The Labute approximate surface area is 268 Å². The molecule has 1 atom stereocenters. The molecule has 46 heavy (non-hydrogen) atoms. The molecule has 0 aliphatic carbocycles. The predicted octanol–water partition coefficient (Wildman–Crippen LogP) is 5.43. The maximum atomic E-state index is 13.9. The average Bonchev–Trinajstić information content (AvgIpc) is 3.41. The van der Waals surface area contributed by atoms with Crippen LogP contribution in [-0.2, 0) is 22.3 Å². The zero-order valence-corrected chi connectivity index (χ0v) is 26.7. The number of anilines is 2. The summed E-state index contributed by atoms with van der Waals surface area (Å²) in [4.78, 5) is 42.5. The van der Waals surface area contributed by atoms with E-state index >= 15 is 0 Å². The Kier molecular flexibility index (Phi) is 10.1. The highest BCUT2D eigenvalue weighted by Gasteiger charge is 2.36. The second kappa shape index (κ2) is 13.9. The summed E-state index contributed by atoms with van der Waals surface area (Å²) in [5.74, 6) is -1.50. The first-order valence-electron chi connectivity index (χ1n) is 15.0. The maximum Gasteiger partial charge on any atom is 0.419 e. The first-order chi connectivity index (χ1) is 21.9. The van der Waals surface area contributed by atoms with Crippen LogP contribution in [0.5, 0.6) is 5.75 Å². The van der Waals surface area contributed by atoms with Crippen LogP contribution in [-0.4, -0.2) is 83.8 Å². The lowest BCUT2D eigenvalue weighted by Gasteiger charge is -2.40. The van der Waals surface area contributed by atoms with E-state index in [0.29, 0.717) is 55.5 Å². The van der Waals surface area contributed by atoms with Crippen molar-refractivity contribution < 1.29 is 37.3 Å².